The molecular formula is C10H10B4. The van der Waals surface area contributed by atoms with Crippen molar-refractivity contribution in [2.75, 3.05) is 0 Å². The first-order chi connectivity index (χ1) is 6.49. The molecule has 0 saturated carbocycles. The van der Waals surface area contributed by atoms with Gasteiger partial charge in [-0.2, -0.15) is 0 Å². The summed E-state index contributed by atoms with van der Waals surface area (Å²) < 4.78 is 0. The zero-order valence-corrected chi connectivity index (χ0v) is 8.67. The van der Waals surface area contributed by atoms with Crippen LogP contribution in [0.2, 0.25) is 0 Å². The molecule has 14 heavy (non-hydrogen) atoms. The molecule has 62 valence electrons. The Hall–Kier alpha value is -0.520. The molecule has 1 atom stereocenters. The second kappa shape index (κ2) is 4.33. The van der Waals surface area contributed by atoms with Gasteiger partial charge in [0.2, 0.25) is 0 Å². The molecule has 0 heterocycles. The van der Waals surface area contributed by atoms with E-state index in [-0.39, 0.29) is 0 Å². The lowest BCUT2D eigenvalue weighted by molar-refractivity contribution is 0.739. The maximum atomic E-state index is 5.87. The lowest BCUT2D eigenvalue weighted by atomic mass is 9.64. The summed E-state index contributed by atoms with van der Waals surface area (Å²) in [5.74, 6) is 0.347. The highest BCUT2D eigenvalue weighted by molar-refractivity contribution is 6.62. The van der Waals surface area contributed by atoms with Crippen LogP contribution >= 0.6 is 0 Å². The maximum absolute atomic E-state index is 5.87. The smallest absolute Gasteiger partial charge is 0.111 e. The Morgan fingerprint density at radius 1 is 1.07 bits per heavy atom. The van der Waals surface area contributed by atoms with Crippen LogP contribution in [0.15, 0.2) is 6.07 Å². The molecule has 1 rings (SSSR count). The standard InChI is InChI=1S/C10H10B4/c1-3-5(2)6-4-7(11)9(13)10(14)8(6)12/h4-5H,3H2,1-2H3. The van der Waals surface area contributed by atoms with Crippen LogP contribution in [0.1, 0.15) is 31.7 Å². The van der Waals surface area contributed by atoms with E-state index in [0.717, 1.165) is 12.0 Å². The van der Waals surface area contributed by atoms with Crippen LogP contribution in [0.5, 0.6) is 0 Å². The van der Waals surface area contributed by atoms with Gasteiger partial charge in [0.1, 0.15) is 31.4 Å². The summed E-state index contributed by atoms with van der Waals surface area (Å²) >= 11 is 0. The highest BCUT2D eigenvalue weighted by Crippen LogP contribution is 2.13. The predicted octanol–water partition coefficient (Wildman–Crippen LogP) is -1.62. The molecule has 1 unspecified atom stereocenters. The fraction of sp³-hybridized carbons (Fsp3) is 0.400. The third-order valence-electron chi connectivity index (χ3n) is 2.66. The molecule has 1 aromatic carbocycles. The normalized spacial score (nSPS) is 12.7. The number of hydrogen-bond acceptors (Lipinski definition) is 0. The van der Waals surface area contributed by atoms with Crippen LogP contribution in [0, 0.1) is 0 Å². The first-order valence-electron chi connectivity index (χ1n) is 4.71. The first kappa shape index (κ1) is 11.6. The lowest BCUT2D eigenvalue weighted by Gasteiger charge is -2.19. The minimum Gasteiger partial charge on any atom is -0.111 e. The van der Waals surface area contributed by atoms with E-state index in [0.29, 0.717) is 27.8 Å². The van der Waals surface area contributed by atoms with Gasteiger partial charge in [-0.3, -0.25) is 0 Å². The first-order valence-corrected chi connectivity index (χ1v) is 4.71. The second-order valence-corrected chi connectivity index (χ2v) is 3.61. The monoisotopic (exact) mass is 174 g/mol. The summed E-state index contributed by atoms with van der Waals surface area (Å²) in [6.45, 7) is 4.17. The van der Waals surface area contributed by atoms with Gasteiger partial charge >= 0.3 is 0 Å². The van der Waals surface area contributed by atoms with Gasteiger partial charge in [0, 0.05) is 0 Å². The van der Waals surface area contributed by atoms with E-state index in [1.165, 1.54) is 0 Å². The molecule has 0 aliphatic carbocycles. The predicted molar refractivity (Wildman–Crippen MR) is 66.7 cm³/mol. The average molecular weight is 173 g/mol. The van der Waals surface area contributed by atoms with Crippen molar-refractivity contribution < 1.29 is 0 Å². The molecule has 1 aromatic rings. The summed E-state index contributed by atoms with van der Waals surface area (Å²) in [5, 5.41) is 0. The molecule has 0 saturated heterocycles. The van der Waals surface area contributed by atoms with Crippen molar-refractivity contribution in [3.05, 3.63) is 11.6 Å². The molecule has 0 amide bonds. The minimum absolute atomic E-state index is 0.347. The zero-order valence-electron chi connectivity index (χ0n) is 8.67. The van der Waals surface area contributed by atoms with Gasteiger partial charge < -0.3 is 0 Å². The summed E-state index contributed by atoms with van der Waals surface area (Å²) in [6, 6.07) is 1.81. The summed E-state index contributed by atoms with van der Waals surface area (Å²) in [4.78, 5) is 0. The van der Waals surface area contributed by atoms with Crippen molar-refractivity contribution in [2.45, 2.75) is 26.2 Å². The fourth-order valence-corrected chi connectivity index (χ4v) is 1.41. The number of rotatable bonds is 2. The van der Waals surface area contributed by atoms with E-state index in [1.54, 1.807) is 0 Å². The highest BCUT2D eigenvalue weighted by Gasteiger charge is 2.09. The topological polar surface area (TPSA) is 0 Å². The Morgan fingerprint density at radius 2 is 1.64 bits per heavy atom. The van der Waals surface area contributed by atoms with Crippen LogP contribution in [-0.4, -0.2) is 31.4 Å². The molecule has 8 radical (unpaired) electrons. The molecule has 0 spiro atoms. The highest BCUT2D eigenvalue weighted by atomic mass is 14.1. The van der Waals surface area contributed by atoms with Crippen LogP contribution < -0.4 is 21.9 Å². The lowest BCUT2D eigenvalue weighted by Crippen LogP contribution is -2.49. The Balaban J connectivity index is 3.33. The van der Waals surface area contributed by atoms with Gasteiger partial charge in [-0.05, 0) is 12.3 Å². The molecule has 0 aromatic heterocycles. The minimum atomic E-state index is 0.347. The summed E-state index contributed by atoms with van der Waals surface area (Å²) in [6.07, 6.45) is 0.993. The zero-order chi connectivity index (χ0) is 10.9. The summed E-state index contributed by atoms with van der Waals surface area (Å²) in [7, 11) is 23.0. The van der Waals surface area contributed by atoms with Gasteiger partial charge in [0.05, 0.1) is 0 Å². The van der Waals surface area contributed by atoms with Crippen LogP contribution in [0.4, 0.5) is 0 Å². The molecular weight excluding hydrogens is 163 g/mol. The Bertz CT molecular complexity index is 346. The molecule has 0 aliphatic heterocycles. The van der Waals surface area contributed by atoms with E-state index in [2.05, 4.69) is 13.8 Å². The van der Waals surface area contributed by atoms with Crippen molar-refractivity contribution in [3.8, 4) is 0 Å². The van der Waals surface area contributed by atoms with E-state index in [1.807, 2.05) is 6.07 Å². The van der Waals surface area contributed by atoms with Crippen molar-refractivity contribution >= 4 is 53.2 Å². The van der Waals surface area contributed by atoms with E-state index < -0.39 is 0 Å². The molecule has 0 bridgehead atoms. The van der Waals surface area contributed by atoms with Gasteiger partial charge in [0.25, 0.3) is 0 Å². The molecule has 0 fully saturated rings. The molecule has 0 nitrogen and oxygen atoms in total. The third kappa shape index (κ3) is 1.94. The van der Waals surface area contributed by atoms with Gasteiger partial charge in [-0.15, -0.1) is 21.9 Å². The van der Waals surface area contributed by atoms with E-state index in [4.69, 9.17) is 31.4 Å². The summed E-state index contributed by atoms with van der Waals surface area (Å²) in [5.41, 5.74) is 2.84. The van der Waals surface area contributed by atoms with Crippen molar-refractivity contribution in [1.82, 2.24) is 0 Å². The van der Waals surface area contributed by atoms with Crippen LogP contribution in [-0.2, 0) is 0 Å². The number of hydrogen-bond donors (Lipinski definition) is 0. The second-order valence-electron chi connectivity index (χ2n) is 3.61. The Kier molecular flexibility index (Phi) is 3.58. The van der Waals surface area contributed by atoms with Crippen LogP contribution in [0.25, 0.3) is 0 Å². The average Bonchev–Trinajstić information content (AvgIpc) is 2.19. The van der Waals surface area contributed by atoms with Crippen molar-refractivity contribution in [3.63, 3.8) is 0 Å². The number of benzene rings is 1. The van der Waals surface area contributed by atoms with Gasteiger partial charge in [-0.1, -0.05) is 25.5 Å². The SMILES string of the molecule is [B]c1cc(C(C)CC)c([B])c([B])c1[B]. The van der Waals surface area contributed by atoms with E-state index in [9.17, 15) is 0 Å². The van der Waals surface area contributed by atoms with Gasteiger partial charge in [0.15, 0.2) is 0 Å². The fourth-order valence-electron chi connectivity index (χ4n) is 1.41. The third-order valence-corrected chi connectivity index (χ3v) is 2.66. The quantitative estimate of drug-likeness (QED) is 0.472. The molecule has 0 aliphatic rings. The molecule has 0 N–H and O–H groups in total. The maximum Gasteiger partial charge on any atom is 0.113 e. The van der Waals surface area contributed by atoms with Gasteiger partial charge in [-0.25, -0.2) is 0 Å². The largest absolute Gasteiger partial charge is 0.113 e. The van der Waals surface area contributed by atoms with Crippen LogP contribution in [0.3, 0.4) is 0 Å². The molecule has 4 heteroatoms. The van der Waals surface area contributed by atoms with Crippen molar-refractivity contribution in [1.29, 1.82) is 0 Å². The Labute approximate surface area is 91.5 Å². The van der Waals surface area contributed by atoms with E-state index >= 15 is 0 Å². The van der Waals surface area contributed by atoms with Crippen molar-refractivity contribution in [2.24, 2.45) is 0 Å². The Morgan fingerprint density at radius 3 is 2.14 bits per heavy atom.